The third-order valence-corrected chi connectivity index (χ3v) is 6.71. The number of nitrogens with two attached hydrogens (primary N) is 2. The second kappa shape index (κ2) is 13.0. The number of aryl methyl sites for hydroxylation is 1. The molecular formula is C27H32F3N7O3S. The minimum atomic E-state index is -4.64. The number of nitrogens with zero attached hydrogens (tertiary/aromatic N) is 2. The first-order chi connectivity index (χ1) is 19.2. The predicted octanol–water partition coefficient (Wildman–Crippen LogP) is 4.83. The number of anilines is 3. The first kappa shape index (κ1) is 31.4. The Labute approximate surface area is 239 Å². The lowest BCUT2D eigenvalue weighted by Gasteiger charge is -2.20. The van der Waals surface area contributed by atoms with Gasteiger partial charge in [0.1, 0.15) is 5.75 Å². The van der Waals surface area contributed by atoms with Crippen molar-refractivity contribution in [2.24, 2.45) is 11.6 Å². The normalized spacial score (nSPS) is 11.9. The number of halogens is 3. The Kier molecular flexibility index (Phi) is 9.97. The SMILES string of the molecule is COc1c(CNC(C)C)cc(C(F)(F)F)cc1NC(=O)c1ccc(C)c(N(N)/C=C(\N)c2cnc(NC(C)=O)s2)c1. The summed E-state index contributed by atoms with van der Waals surface area (Å²) in [5.74, 6) is 5.42. The highest BCUT2D eigenvalue weighted by atomic mass is 32.1. The van der Waals surface area contributed by atoms with E-state index in [1.807, 2.05) is 13.8 Å². The molecule has 0 fully saturated rings. The van der Waals surface area contributed by atoms with Gasteiger partial charge < -0.3 is 26.4 Å². The number of hydrogen-bond acceptors (Lipinski definition) is 9. The van der Waals surface area contributed by atoms with Gasteiger partial charge in [-0.2, -0.15) is 13.2 Å². The maximum Gasteiger partial charge on any atom is 0.416 e. The molecule has 10 nitrogen and oxygen atoms in total. The van der Waals surface area contributed by atoms with E-state index >= 15 is 0 Å². The van der Waals surface area contributed by atoms with Gasteiger partial charge in [-0.15, -0.1) is 0 Å². The number of thiazole rings is 1. The Morgan fingerprint density at radius 2 is 1.90 bits per heavy atom. The largest absolute Gasteiger partial charge is 0.494 e. The molecule has 2 amide bonds. The molecule has 0 saturated carbocycles. The molecule has 1 heterocycles. The molecule has 41 heavy (non-hydrogen) atoms. The zero-order chi connectivity index (χ0) is 30.5. The maximum absolute atomic E-state index is 13.7. The van der Waals surface area contributed by atoms with Crippen LogP contribution in [0.4, 0.5) is 29.7 Å². The molecule has 0 atom stereocenters. The van der Waals surface area contributed by atoms with Crippen molar-refractivity contribution >= 4 is 45.4 Å². The van der Waals surface area contributed by atoms with Crippen LogP contribution in [0, 0.1) is 6.92 Å². The van der Waals surface area contributed by atoms with Crippen LogP contribution in [0.15, 0.2) is 42.7 Å². The van der Waals surface area contributed by atoms with E-state index in [2.05, 4.69) is 20.9 Å². The number of rotatable bonds is 10. The average Bonchev–Trinajstić information content (AvgIpc) is 3.34. The number of aromatic nitrogens is 1. The molecule has 1 aromatic heterocycles. The number of nitrogens with one attached hydrogen (secondary N) is 3. The van der Waals surface area contributed by atoms with Crippen molar-refractivity contribution in [3.63, 3.8) is 0 Å². The number of hydrazine groups is 1. The number of alkyl halides is 3. The van der Waals surface area contributed by atoms with Crippen molar-refractivity contribution in [2.45, 2.75) is 46.5 Å². The maximum atomic E-state index is 13.7. The van der Waals surface area contributed by atoms with Gasteiger partial charge >= 0.3 is 6.18 Å². The molecule has 0 aliphatic carbocycles. The molecule has 0 radical (unpaired) electrons. The highest BCUT2D eigenvalue weighted by molar-refractivity contribution is 7.16. The fraction of sp³-hybridized carbons (Fsp3) is 0.296. The molecule has 0 unspecified atom stereocenters. The lowest BCUT2D eigenvalue weighted by atomic mass is 10.1. The number of amides is 2. The Bertz CT molecular complexity index is 1450. The van der Waals surface area contributed by atoms with Crippen molar-refractivity contribution in [3.05, 3.63) is 69.9 Å². The topological polar surface area (TPSA) is 148 Å². The van der Waals surface area contributed by atoms with Crippen molar-refractivity contribution in [1.29, 1.82) is 0 Å². The van der Waals surface area contributed by atoms with Crippen LogP contribution < -0.4 is 37.3 Å². The number of methoxy groups -OCH3 is 1. The molecule has 3 aromatic rings. The van der Waals surface area contributed by atoms with Crippen molar-refractivity contribution in [2.75, 3.05) is 22.8 Å². The second-order valence-corrected chi connectivity index (χ2v) is 10.4. The van der Waals surface area contributed by atoms with E-state index in [0.717, 1.165) is 23.5 Å². The van der Waals surface area contributed by atoms with Gasteiger partial charge in [0.2, 0.25) is 5.91 Å². The summed E-state index contributed by atoms with van der Waals surface area (Å²) >= 11 is 1.15. The standard InChI is InChI=1S/C27H32F3N7O3S/c1-14(2)33-11-18-8-19(27(28,29)30)10-21(24(18)40-5)36-25(39)17-7-6-15(3)22(9-17)37(32)13-20(31)23-12-34-26(41-23)35-16(4)38/h6-10,12-14,33H,11,31-32H2,1-5H3,(H,36,39)(H,34,35,38)/b20-13-. The van der Waals surface area contributed by atoms with E-state index in [9.17, 15) is 22.8 Å². The minimum absolute atomic E-state index is 0.0101. The van der Waals surface area contributed by atoms with Crippen molar-refractivity contribution in [3.8, 4) is 5.75 Å². The number of benzene rings is 2. The predicted molar refractivity (Wildman–Crippen MR) is 154 cm³/mol. The van der Waals surface area contributed by atoms with Crippen LogP contribution >= 0.6 is 11.3 Å². The first-order valence-electron chi connectivity index (χ1n) is 12.4. The average molecular weight is 592 g/mol. The number of carbonyl (C=O) groups is 2. The molecule has 0 aliphatic heterocycles. The van der Waals surface area contributed by atoms with Crippen molar-refractivity contribution in [1.82, 2.24) is 10.3 Å². The van der Waals surface area contributed by atoms with Gasteiger partial charge in [-0.1, -0.05) is 31.3 Å². The van der Waals surface area contributed by atoms with Crippen LogP contribution in [-0.2, 0) is 17.5 Å². The van der Waals surface area contributed by atoms with Crippen LogP contribution in [0.5, 0.6) is 5.75 Å². The first-order valence-corrected chi connectivity index (χ1v) is 13.2. The molecule has 2 aromatic carbocycles. The smallest absolute Gasteiger partial charge is 0.416 e. The molecule has 0 aliphatic rings. The van der Waals surface area contributed by atoms with Crippen LogP contribution in [0.2, 0.25) is 0 Å². The molecule has 7 N–H and O–H groups in total. The summed E-state index contributed by atoms with van der Waals surface area (Å²) in [7, 11) is 1.33. The van der Waals surface area contributed by atoms with E-state index in [-0.39, 0.29) is 46.8 Å². The lowest BCUT2D eigenvalue weighted by molar-refractivity contribution is -0.137. The summed E-state index contributed by atoms with van der Waals surface area (Å²) in [6.45, 7) is 6.96. The van der Waals surface area contributed by atoms with E-state index in [1.54, 1.807) is 13.0 Å². The van der Waals surface area contributed by atoms with E-state index in [1.165, 1.54) is 43.6 Å². The summed E-state index contributed by atoms with van der Waals surface area (Å²) in [5, 5.41) is 9.79. The zero-order valence-corrected chi connectivity index (χ0v) is 24.0. The molecule has 0 spiro atoms. The van der Waals surface area contributed by atoms with Gasteiger partial charge in [0.05, 0.1) is 34.6 Å². The van der Waals surface area contributed by atoms with Crippen LogP contribution in [0.1, 0.15) is 52.7 Å². The van der Waals surface area contributed by atoms with E-state index in [0.29, 0.717) is 21.3 Å². The number of carbonyl (C=O) groups excluding carboxylic acids is 2. The minimum Gasteiger partial charge on any atom is -0.494 e. The Morgan fingerprint density at radius 3 is 2.51 bits per heavy atom. The summed E-state index contributed by atoms with van der Waals surface area (Å²) < 4.78 is 46.5. The number of ether oxygens (including phenoxy) is 1. The fourth-order valence-corrected chi connectivity index (χ4v) is 4.54. The van der Waals surface area contributed by atoms with Gasteiger partial charge in [-0.05, 0) is 36.8 Å². The highest BCUT2D eigenvalue weighted by Gasteiger charge is 2.33. The van der Waals surface area contributed by atoms with Gasteiger partial charge in [-0.25, -0.2) is 10.8 Å². The third-order valence-electron chi connectivity index (χ3n) is 5.75. The summed E-state index contributed by atoms with van der Waals surface area (Å²) in [6, 6.07) is 6.52. The van der Waals surface area contributed by atoms with E-state index < -0.39 is 17.6 Å². The quantitative estimate of drug-likeness (QED) is 0.166. The van der Waals surface area contributed by atoms with Crippen LogP contribution in [-0.4, -0.2) is 29.9 Å². The molecule has 0 bridgehead atoms. The fourth-order valence-electron chi connectivity index (χ4n) is 3.75. The Balaban J connectivity index is 1.91. The van der Waals surface area contributed by atoms with Gasteiger partial charge in [-0.3, -0.25) is 14.6 Å². The third kappa shape index (κ3) is 8.19. The van der Waals surface area contributed by atoms with E-state index in [4.69, 9.17) is 16.3 Å². The van der Waals surface area contributed by atoms with Gasteiger partial charge in [0.15, 0.2) is 5.13 Å². The van der Waals surface area contributed by atoms with Crippen molar-refractivity contribution < 1.29 is 27.5 Å². The molecule has 14 heteroatoms. The Hall–Kier alpha value is -4.14. The lowest BCUT2D eigenvalue weighted by Crippen LogP contribution is -2.27. The molecule has 3 rings (SSSR count). The molecular weight excluding hydrogens is 559 g/mol. The van der Waals surface area contributed by atoms with Gasteiger partial charge in [0, 0.05) is 43.0 Å². The Morgan fingerprint density at radius 1 is 1.20 bits per heavy atom. The van der Waals surface area contributed by atoms with Crippen LogP contribution in [0.25, 0.3) is 5.70 Å². The molecule has 220 valence electrons. The monoisotopic (exact) mass is 591 g/mol. The summed E-state index contributed by atoms with van der Waals surface area (Å²) in [6.07, 6.45) is -1.72. The summed E-state index contributed by atoms with van der Waals surface area (Å²) in [4.78, 5) is 29.1. The number of hydrogen-bond donors (Lipinski definition) is 5. The highest BCUT2D eigenvalue weighted by Crippen LogP contribution is 2.38. The zero-order valence-electron chi connectivity index (χ0n) is 23.1. The van der Waals surface area contributed by atoms with Gasteiger partial charge in [0.25, 0.3) is 5.91 Å². The summed E-state index contributed by atoms with van der Waals surface area (Å²) in [5.41, 5.74) is 6.90. The molecule has 0 saturated heterocycles. The second-order valence-electron chi connectivity index (χ2n) is 9.41. The van der Waals surface area contributed by atoms with Crippen LogP contribution in [0.3, 0.4) is 0 Å².